The number of nitriles is 1. The van der Waals surface area contributed by atoms with Crippen LogP contribution in [0.5, 0.6) is 0 Å². The smallest absolute Gasteiger partial charge is 0.416 e. The van der Waals surface area contributed by atoms with Crippen molar-refractivity contribution in [3.63, 3.8) is 0 Å². The van der Waals surface area contributed by atoms with E-state index in [0.29, 0.717) is 25.2 Å². The summed E-state index contributed by atoms with van der Waals surface area (Å²) in [4.78, 5) is 15.9. The summed E-state index contributed by atoms with van der Waals surface area (Å²) in [6.07, 6.45) is -3.03. The van der Waals surface area contributed by atoms with Gasteiger partial charge in [-0.3, -0.25) is 4.90 Å². The highest BCUT2D eigenvalue weighted by atomic mass is 19.4. The van der Waals surface area contributed by atoms with Crippen molar-refractivity contribution < 1.29 is 22.7 Å². The Morgan fingerprint density at radius 2 is 1.80 bits per heavy atom. The van der Waals surface area contributed by atoms with Crippen LogP contribution >= 0.6 is 0 Å². The molecule has 2 atom stereocenters. The van der Waals surface area contributed by atoms with Gasteiger partial charge in [-0.15, -0.1) is 6.58 Å². The van der Waals surface area contributed by atoms with Crippen LogP contribution in [0.3, 0.4) is 0 Å². The molecule has 0 radical (unpaired) electrons. The van der Waals surface area contributed by atoms with Gasteiger partial charge in [0.05, 0.1) is 11.6 Å². The predicted molar refractivity (Wildman–Crippen MR) is 108 cm³/mol. The molecule has 1 saturated heterocycles. The van der Waals surface area contributed by atoms with Crippen molar-refractivity contribution in [1.82, 2.24) is 9.80 Å². The van der Waals surface area contributed by atoms with Crippen LogP contribution in [-0.2, 0) is 16.5 Å². The van der Waals surface area contributed by atoms with Crippen LogP contribution < -0.4 is 0 Å². The summed E-state index contributed by atoms with van der Waals surface area (Å²) in [5.41, 5.74) is -2.09. The fourth-order valence-corrected chi connectivity index (χ4v) is 3.74. The van der Waals surface area contributed by atoms with Crippen LogP contribution in [0.2, 0.25) is 0 Å². The molecule has 1 aliphatic rings. The van der Waals surface area contributed by atoms with Gasteiger partial charge in [0.2, 0.25) is 0 Å². The first-order valence-electron chi connectivity index (χ1n) is 9.78. The summed E-state index contributed by atoms with van der Waals surface area (Å²) in [6, 6.07) is 6.78. The molecule has 2 unspecified atom stereocenters. The highest BCUT2D eigenvalue weighted by molar-refractivity contribution is 5.68. The minimum Gasteiger partial charge on any atom is -0.444 e. The van der Waals surface area contributed by atoms with Crippen LogP contribution in [0.15, 0.2) is 36.9 Å². The van der Waals surface area contributed by atoms with Crippen molar-refractivity contribution in [2.75, 3.05) is 19.6 Å². The highest BCUT2D eigenvalue weighted by Crippen LogP contribution is 2.37. The number of carbonyl (C=O) groups is 1. The summed E-state index contributed by atoms with van der Waals surface area (Å²) < 4.78 is 44.3. The second-order valence-corrected chi connectivity index (χ2v) is 8.51. The maximum absolute atomic E-state index is 13.0. The van der Waals surface area contributed by atoms with Crippen LogP contribution in [0, 0.1) is 11.3 Å². The molecule has 0 aromatic heterocycles. The summed E-state index contributed by atoms with van der Waals surface area (Å²) in [5.74, 6) is 0. The second kappa shape index (κ2) is 8.68. The molecule has 5 nitrogen and oxygen atoms in total. The van der Waals surface area contributed by atoms with Gasteiger partial charge in [-0.2, -0.15) is 18.4 Å². The molecule has 2 rings (SSSR count). The van der Waals surface area contributed by atoms with E-state index in [1.807, 2.05) is 11.8 Å². The lowest BCUT2D eigenvalue weighted by atomic mass is 9.83. The number of rotatable bonds is 4. The third-order valence-corrected chi connectivity index (χ3v) is 5.08. The lowest BCUT2D eigenvalue weighted by molar-refractivity contribution is -0.137. The topological polar surface area (TPSA) is 56.6 Å². The van der Waals surface area contributed by atoms with Crippen LogP contribution in [0.25, 0.3) is 0 Å². The maximum Gasteiger partial charge on any atom is 0.416 e. The number of hydrogen-bond donors (Lipinski definition) is 0. The van der Waals surface area contributed by atoms with Gasteiger partial charge < -0.3 is 9.64 Å². The normalized spacial score (nSPS) is 20.2. The number of alkyl halides is 3. The van der Waals surface area contributed by atoms with Crippen molar-refractivity contribution in [1.29, 1.82) is 5.26 Å². The van der Waals surface area contributed by atoms with E-state index < -0.39 is 29.0 Å². The molecule has 1 fully saturated rings. The Kier molecular flexibility index (Phi) is 6.87. The molecule has 8 heteroatoms. The van der Waals surface area contributed by atoms with E-state index in [2.05, 4.69) is 12.6 Å². The predicted octanol–water partition coefficient (Wildman–Crippen LogP) is 4.94. The largest absolute Gasteiger partial charge is 0.444 e. The lowest BCUT2D eigenvalue weighted by Gasteiger charge is -2.47. The van der Waals surface area contributed by atoms with Crippen LogP contribution in [0.4, 0.5) is 18.0 Å². The molecule has 1 heterocycles. The van der Waals surface area contributed by atoms with E-state index in [0.717, 1.165) is 12.1 Å². The average Bonchev–Trinajstić information content (AvgIpc) is 2.64. The van der Waals surface area contributed by atoms with Gasteiger partial charge in [0.1, 0.15) is 11.1 Å². The number of amides is 1. The zero-order chi connectivity index (χ0) is 22.7. The number of hydrogen-bond acceptors (Lipinski definition) is 4. The van der Waals surface area contributed by atoms with Gasteiger partial charge in [0, 0.05) is 32.1 Å². The summed E-state index contributed by atoms with van der Waals surface area (Å²) in [7, 11) is 0. The molecule has 164 valence electrons. The van der Waals surface area contributed by atoms with E-state index in [1.165, 1.54) is 12.1 Å². The number of nitrogens with zero attached hydrogens (tertiary/aromatic N) is 3. The maximum atomic E-state index is 13.0. The van der Waals surface area contributed by atoms with Gasteiger partial charge >= 0.3 is 12.3 Å². The molecule has 1 aliphatic heterocycles. The summed E-state index contributed by atoms with van der Waals surface area (Å²) in [6.45, 7) is 12.1. The molecule has 0 saturated carbocycles. The third kappa shape index (κ3) is 5.14. The van der Waals surface area contributed by atoms with Crippen LogP contribution in [0.1, 0.15) is 45.2 Å². The molecule has 30 heavy (non-hydrogen) atoms. The first-order valence-corrected chi connectivity index (χ1v) is 9.78. The SMILES string of the molecule is C=CCC(C#N)(c1ccc(C(F)(F)F)cc1)N1CCN(C(=O)OC(C)(C)C)CC1C. The van der Waals surface area contributed by atoms with Crippen molar-refractivity contribution in [3.05, 3.63) is 48.0 Å². The van der Waals surface area contributed by atoms with Gasteiger partial charge in [-0.1, -0.05) is 18.2 Å². The van der Waals surface area contributed by atoms with Gasteiger partial charge in [0.15, 0.2) is 0 Å². The van der Waals surface area contributed by atoms with E-state index in [1.54, 1.807) is 31.7 Å². The number of benzene rings is 1. The number of carbonyl (C=O) groups excluding carboxylic acids is 1. The van der Waals surface area contributed by atoms with Crippen molar-refractivity contribution >= 4 is 6.09 Å². The van der Waals surface area contributed by atoms with E-state index in [-0.39, 0.29) is 12.5 Å². The minimum absolute atomic E-state index is 0.215. The number of piperazine rings is 1. The van der Waals surface area contributed by atoms with Crippen molar-refractivity contribution in [2.24, 2.45) is 0 Å². The fraction of sp³-hybridized carbons (Fsp3) is 0.545. The van der Waals surface area contributed by atoms with Gasteiger partial charge in [-0.25, -0.2) is 4.79 Å². The Labute approximate surface area is 175 Å². The average molecular weight is 423 g/mol. The molecule has 1 aromatic rings. The Morgan fingerprint density at radius 3 is 2.23 bits per heavy atom. The lowest BCUT2D eigenvalue weighted by Crippen LogP contribution is -2.60. The summed E-state index contributed by atoms with van der Waals surface area (Å²) >= 11 is 0. The Bertz CT molecular complexity index is 809. The van der Waals surface area contributed by atoms with Gasteiger partial charge in [0.25, 0.3) is 0 Å². The van der Waals surface area contributed by atoms with E-state index in [4.69, 9.17) is 4.74 Å². The quantitative estimate of drug-likeness (QED) is 0.644. The molecule has 0 aliphatic carbocycles. The van der Waals surface area contributed by atoms with Crippen molar-refractivity contribution in [2.45, 2.75) is 57.5 Å². The third-order valence-electron chi connectivity index (χ3n) is 5.08. The Hall–Kier alpha value is -2.53. The zero-order valence-corrected chi connectivity index (χ0v) is 17.8. The zero-order valence-electron chi connectivity index (χ0n) is 17.8. The molecular weight excluding hydrogens is 395 g/mol. The molecule has 0 bridgehead atoms. The van der Waals surface area contributed by atoms with E-state index >= 15 is 0 Å². The molecule has 0 spiro atoms. The fourth-order valence-electron chi connectivity index (χ4n) is 3.74. The molecule has 1 aromatic carbocycles. The standard InChI is InChI=1S/C22H28F3N3O2/c1-6-11-21(15-26,17-7-9-18(10-8-17)22(23,24)25)28-13-12-27(14-16(28)2)19(29)30-20(3,4)5/h6-10,16H,1,11-14H2,2-5H3. The van der Waals surface area contributed by atoms with Gasteiger partial charge in [-0.05, 0) is 45.4 Å². The highest BCUT2D eigenvalue weighted by Gasteiger charge is 2.44. The Balaban J connectivity index is 2.31. The molecule has 0 N–H and O–H groups in total. The van der Waals surface area contributed by atoms with Crippen LogP contribution in [-0.4, -0.2) is 47.2 Å². The molecular formula is C22H28F3N3O2. The van der Waals surface area contributed by atoms with Crippen molar-refractivity contribution in [3.8, 4) is 6.07 Å². The van der Waals surface area contributed by atoms with E-state index in [9.17, 15) is 23.2 Å². The Morgan fingerprint density at radius 1 is 1.23 bits per heavy atom. The first kappa shape index (κ1) is 23.7. The monoisotopic (exact) mass is 423 g/mol. The summed E-state index contributed by atoms with van der Waals surface area (Å²) in [5, 5.41) is 10.1. The number of halogens is 3. The second-order valence-electron chi connectivity index (χ2n) is 8.51. The first-order chi connectivity index (χ1) is 13.8. The minimum atomic E-state index is -4.45. The number of ether oxygens (including phenoxy) is 1. The molecule has 1 amide bonds.